The third-order valence-corrected chi connectivity index (χ3v) is 2.94. The van der Waals surface area contributed by atoms with Crippen molar-refractivity contribution in [2.75, 3.05) is 0 Å². The summed E-state index contributed by atoms with van der Waals surface area (Å²) in [6.45, 7) is 3.84. The minimum absolute atomic E-state index is 0.220. The first-order valence-corrected chi connectivity index (χ1v) is 5.48. The van der Waals surface area contributed by atoms with Crippen LogP contribution in [0, 0.1) is 6.92 Å². The molecule has 0 aromatic heterocycles. The number of carbonyl (C=O) groups is 1. The monoisotopic (exact) mass is 256 g/mol. The fourth-order valence-corrected chi connectivity index (χ4v) is 1.10. The van der Waals surface area contributed by atoms with Crippen LogP contribution in [0.25, 0.3) is 0 Å². The van der Waals surface area contributed by atoms with Gasteiger partial charge in [0.2, 0.25) is 0 Å². The molecule has 1 unspecified atom stereocenters. The summed E-state index contributed by atoms with van der Waals surface area (Å²) in [5.74, 6) is 0.400. The third kappa shape index (κ3) is 2.84. The molecule has 2 nitrogen and oxygen atoms in total. The first kappa shape index (κ1) is 11.2. The molecule has 76 valence electrons. The topological polar surface area (TPSA) is 26.3 Å². The molecule has 1 atom stereocenters. The van der Waals surface area contributed by atoms with E-state index < -0.39 is 0 Å². The maximum absolute atomic E-state index is 11.4. The Morgan fingerprint density at radius 2 is 2.14 bits per heavy atom. The van der Waals surface area contributed by atoms with Gasteiger partial charge in [-0.1, -0.05) is 41.1 Å². The van der Waals surface area contributed by atoms with Crippen LogP contribution in [-0.2, 0) is 4.79 Å². The summed E-state index contributed by atoms with van der Waals surface area (Å²) in [5.41, 5.74) is 0.969. The standard InChI is InChI=1S/C11H13BrO2/c1-3-9(12)11(13)14-10-7-5-4-6-8(10)2/h4-7,9H,3H2,1-2H3. The number of rotatable bonds is 3. The second kappa shape index (κ2) is 5.15. The molecule has 0 aliphatic rings. The maximum atomic E-state index is 11.4. The number of hydrogen-bond donors (Lipinski definition) is 0. The summed E-state index contributed by atoms with van der Waals surface area (Å²) < 4.78 is 5.21. The van der Waals surface area contributed by atoms with E-state index in [1.54, 1.807) is 6.07 Å². The summed E-state index contributed by atoms with van der Waals surface area (Å²) in [7, 11) is 0. The van der Waals surface area contributed by atoms with Gasteiger partial charge in [-0.25, -0.2) is 0 Å². The normalized spacial score (nSPS) is 12.2. The molecule has 0 saturated heterocycles. The van der Waals surface area contributed by atoms with Crippen LogP contribution in [0.15, 0.2) is 24.3 Å². The number of ether oxygens (including phenoxy) is 1. The van der Waals surface area contributed by atoms with Crippen molar-refractivity contribution in [1.82, 2.24) is 0 Å². The lowest BCUT2D eigenvalue weighted by Crippen LogP contribution is -2.19. The van der Waals surface area contributed by atoms with Gasteiger partial charge in [0, 0.05) is 0 Å². The first-order valence-electron chi connectivity index (χ1n) is 4.56. The van der Waals surface area contributed by atoms with Crippen LogP contribution < -0.4 is 4.74 Å². The van der Waals surface area contributed by atoms with Crippen LogP contribution in [0.4, 0.5) is 0 Å². The minimum Gasteiger partial charge on any atom is -0.425 e. The van der Waals surface area contributed by atoms with E-state index in [1.165, 1.54) is 0 Å². The second-order valence-corrected chi connectivity index (χ2v) is 4.17. The quantitative estimate of drug-likeness (QED) is 0.472. The van der Waals surface area contributed by atoms with Crippen molar-refractivity contribution in [2.24, 2.45) is 0 Å². The minimum atomic E-state index is -0.234. The van der Waals surface area contributed by atoms with Gasteiger partial charge in [-0.2, -0.15) is 0 Å². The second-order valence-electron chi connectivity index (χ2n) is 3.06. The van der Waals surface area contributed by atoms with E-state index in [4.69, 9.17) is 4.74 Å². The van der Waals surface area contributed by atoms with Crippen molar-refractivity contribution in [1.29, 1.82) is 0 Å². The van der Waals surface area contributed by atoms with E-state index in [0.29, 0.717) is 5.75 Å². The SMILES string of the molecule is CCC(Br)C(=O)Oc1ccccc1C. The van der Waals surface area contributed by atoms with Crippen LogP contribution >= 0.6 is 15.9 Å². The predicted molar refractivity (Wildman–Crippen MR) is 59.8 cm³/mol. The first-order chi connectivity index (χ1) is 6.65. The van der Waals surface area contributed by atoms with Gasteiger partial charge >= 0.3 is 5.97 Å². The third-order valence-electron chi connectivity index (χ3n) is 1.92. The number of alkyl halides is 1. The Morgan fingerprint density at radius 3 is 2.71 bits per heavy atom. The Hall–Kier alpha value is -0.830. The number of carbonyl (C=O) groups excluding carboxylic acids is 1. The van der Waals surface area contributed by atoms with E-state index in [2.05, 4.69) is 15.9 Å². The summed E-state index contributed by atoms with van der Waals surface area (Å²) in [4.78, 5) is 11.2. The summed E-state index contributed by atoms with van der Waals surface area (Å²) in [5, 5.41) is 0. The number of halogens is 1. The molecule has 0 aliphatic heterocycles. The fraction of sp³-hybridized carbons (Fsp3) is 0.364. The van der Waals surface area contributed by atoms with Gasteiger partial charge < -0.3 is 4.74 Å². The molecule has 0 bridgehead atoms. The van der Waals surface area contributed by atoms with Crippen LogP contribution in [0.5, 0.6) is 5.75 Å². The van der Waals surface area contributed by atoms with Gasteiger partial charge in [-0.3, -0.25) is 4.79 Å². The molecule has 0 heterocycles. The fourth-order valence-electron chi connectivity index (χ4n) is 1.01. The lowest BCUT2D eigenvalue weighted by molar-refractivity contribution is -0.133. The van der Waals surface area contributed by atoms with Gasteiger partial charge in [-0.15, -0.1) is 0 Å². The van der Waals surface area contributed by atoms with Crippen LogP contribution in [0.2, 0.25) is 0 Å². The lowest BCUT2D eigenvalue weighted by atomic mass is 10.2. The van der Waals surface area contributed by atoms with Crippen LogP contribution in [-0.4, -0.2) is 10.8 Å². The molecule has 1 aromatic carbocycles. The maximum Gasteiger partial charge on any atom is 0.325 e. The zero-order chi connectivity index (χ0) is 10.6. The number of benzene rings is 1. The molecule has 0 N–H and O–H groups in total. The van der Waals surface area contributed by atoms with Gasteiger partial charge in [0.25, 0.3) is 0 Å². The van der Waals surface area contributed by atoms with Crippen LogP contribution in [0.3, 0.4) is 0 Å². The summed E-state index contributed by atoms with van der Waals surface area (Å²) >= 11 is 3.25. The zero-order valence-corrected chi connectivity index (χ0v) is 9.87. The van der Waals surface area contributed by atoms with Crippen molar-refractivity contribution >= 4 is 21.9 Å². The number of para-hydroxylation sites is 1. The highest BCUT2D eigenvalue weighted by molar-refractivity contribution is 9.10. The predicted octanol–water partition coefficient (Wildman–Crippen LogP) is 3.07. The Labute approximate surface area is 92.4 Å². The average Bonchev–Trinajstić information content (AvgIpc) is 2.20. The van der Waals surface area contributed by atoms with E-state index in [1.807, 2.05) is 32.0 Å². The van der Waals surface area contributed by atoms with Gasteiger partial charge in [-0.05, 0) is 25.0 Å². The van der Waals surface area contributed by atoms with Gasteiger partial charge in [0.1, 0.15) is 10.6 Å². The van der Waals surface area contributed by atoms with E-state index in [0.717, 1.165) is 12.0 Å². The Bertz CT molecular complexity index is 323. The average molecular weight is 257 g/mol. The number of aryl methyl sites for hydroxylation is 1. The van der Waals surface area contributed by atoms with Gasteiger partial charge in [0.05, 0.1) is 0 Å². The Morgan fingerprint density at radius 1 is 1.50 bits per heavy atom. The van der Waals surface area contributed by atoms with Crippen molar-refractivity contribution in [2.45, 2.75) is 25.1 Å². The van der Waals surface area contributed by atoms with Crippen molar-refractivity contribution in [3.8, 4) is 5.75 Å². The highest BCUT2D eigenvalue weighted by atomic mass is 79.9. The molecule has 1 aromatic rings. The van der Waals surface area contributed by atoms with Gasteiger partial charge in [0.15, 0.2) is 0 Å². The molecule has 0 spiro atoms. The zero-order valence-electron chi connectivity index (χ0n) is 8.29. The highest BCUT2D eigenvalue weighted by Crippen LogP contribution is 2.18. The smallest absolute Gasteiger partial charge is 0.325 e. The van der Waals surface area contributed by atoms with Crippen molar-refractivity contribution in [3.05, 3.63) is 29.8 Å². The molecule has 0 fully saturated rings. The highest BCUT2D eigenvalue weighted by Gasteiger charge is 2.15. The molecule has 0 amide bonds. The molecule has 3 heteroatoms. The van der Waals surface area contributed by atoms with E-state index in [9.17, 15) is 4.79 Å². The summed E-state index contributed by atoms with van der Waals surface area (Å²) in [6.07, 6.45) is 0.727. The van der Waals surface area contributed by atoms with Crippen molar-refractivity contribution < 1.29 is 9.53 Å². The lowest BCUT2D eigenvalue weighted by Gasteiger charge is -2.09. The van der Waals surface area contributed by atoms with E-state index >= 15 is 0 Å². The Kier molecular flexibility index (Phi) is 4.14. The van der Waals surface area contributed by atoms with Crippen molar-refractivity contribution in [3.63, 3.8) is 0 Å². The molecule has 0 saturated carbocycles. The molecule has 0 aliphatic carbocycles. The Balaban J connectivity index is 2.70. The number of esters is 1. The number of hydrogen-bond acceptors (Lipinski definition) is 2. The summed E-state index contributed by atoms with van der Waals surface area (Å²) in [6, 6.07) is 7.48. The molecular weight excluding hydrogens is 244 g/mol. The largest absolute Gasteiger partial charge is 0.425 e. The molecule has 0 radical (unpaired) electrons. The molecule has 1 rings (SSSR count). The van der Waals surface area contributed by atoms with Crippen LogP contribution in [0.1, 0.15) is 18.9 Å². The van der Waals surface area contributed by atoms with E-state index in [-0.39, 0.29) is 10.8 Å². The molecule has 14 heavy (non-hydrogen) atoms. The molecular formula is C11H13BrO2.